The number of nitrogens with one attached hydrogen (secondary N) is 2. The molecule has 0 aromatic carbocycles. The quantitative estimate of drug-likeness (QED) is 0.564. The lowest BCUT2D eigenvalue weighted by atomic mass is 10.1. The van der Waals surface area contributed by atoms with Gasteiger partial charge in [0.05, 0.1) is 0 Å². The van der Waals surface area contributed by atoms with Crippen LogP contribution in [0.25, 0.3) is 0 Å². The van der Waals surface area contributed by atoms with E-state index < -0.39 is 18.0 Å². The molecule has 2 amide bonds. The number of carbonyl (C=O) groups excluding carboxylic acids is 2. The van der Waals surface area contributed by atoms with Crippen LogP contribution in [-0.4, -0.2) is 41.4 Å². The van der Waals surface area contributed by atoms with Gasteiger partial charge in [-0.3, -0.25) is 4.79 Å². The van der Waals surface area contributed by atoms with Gasteiger partial charge in [0.15, 0.2) is 0 Å². The van der Waals surface area contributed by atoms with Gasteiger partial charge in [-0.15, -0.1) is 11.6 Å². The van der Waals surface area contributed by atoms with Crippen LogP contribution in [0.5, 0.6) is 0 Å². The van der Waals surface area contributed by atoms with E-state index in [9.17, 15) is 14.4 Å². The molecule has 3 N–H and O–H groups in total. The first-order valence-corrected chi connectivity index (χ1v) is 4.83. The number of Topliss-reactive ketones (excluding diaryl/α,β-unsaturated/α-hetero) is 1. The second-order valence-electron chi connectivity index (χ2n) is 2.89. The van der Waals surface area contributed by atoms with Crippen LogP contribution in [0.4, 0.5) is 4.79 Å². The molecule has 0 aromatic rings. The minimum atomic E-state index is -1.24. The average Bonchev–Trinajstić information content (AvgIpc) is 2.12. The SMILES string of the molecule is CC(=O)CC(NC(=O)NCCCl)C(=O)O. The van der Waals surface area contributed by atoms with Crippen molar-refractivity contribution >= 4 is 29.4 Å². The lowest BCUT2D eigenvalue weighted by molar-refractivity contribution is -0.140. The maximum atomic E-state index is 11.0. The summed E-state index contributed by atoms with van der Waals surface area (Å²) >= 11 is 5.32. The van der Waals surface area contributed by atoms with Crippen molar-refractivity contribution in [2.24, 2.45) is 0 Å². The second-order valence-corrected chi connectivity index (χ2v) is 3.26. The van der Waals surface area contributed by atoms with E-state index in [1.54, 1.807) is 0 Å². The molecular weight excluding hydrogens is 224 g/mol. The van der Waals surface area contributed by atoms with Gasteiger partial charge >= 0.3 is 12.0 Å². The van der Waals surface area contributed by atoms with Gasteiger partial charge in [-0.1, -0.05) is 0 Å². The molecule has 0 radical (unpaired) electrons. The summed E-state index contributed by atoms with van der Waals surface area (Å²) in [5.41, 5.74) is 0. The third kappa shape index (κ3) is 6.73. The van der Waals surface area contributed by atoms with E-state index in [0.717, 1.165) is 0 Å². The highest BCUT2D eigenvalue weighted by Crippen LogP contribution is 1.93. The summed E-state index contributed by atoms with van der Waals surface area (Å²) in [4.78, 5) is 32.4. The van der Waals surface area contributed by atoms with Gasteiger partial charge in [-0.25, -0.2) is 9.59 Å². The molecule has 1 atom stereocenters. The van der Waals surface area contributed by atoms with Crippen molar-refractivity contribution in [1.82, 2.24) is 10.6 Å². The molecule has 0 aliphatic rings. The smallest absolute Gasteiger partial charge is 0.326 e. The number of hydrogen-bond donors (Lipinski definition) is 3. The fourth-order valence-electron chi connectivity index (χ4n) is 0.858. The Balaban J connectivity index is 4.10. The first kappa shape index (κ1) is 13.7. The Hall–Kier alpha value is -1.30. The highest BCUT2D eigenvalue weighted by molar-refractivity contribution is 6.18. The highest BCUT2D eigenvalue weighted by atomic mass is 35.5. The summed E-state index contributed by atoms with van der Waals surface area (Å²) in [5.74, 6) is -1.32. The van der Waals surface area contributed by atoms with Crippen LogP contribution >= 0.6 is 11.6 Å². The van der Waals surface area contributed by atoms with E-state index >= 15 is 0 Å². The summed E-state index contributed by atoms with van der Waals surface area (Å²) in [5, 5.41) is 13.2. The number of halogens is 1. The summed E-state index contributed by atoms with van der Waals surface area (Å²) in [6.45, 7) is 1.49. The van der Waals surface area contributed by atoms with Gasteiger partial charge in [0.25, 0.3) is 0 Å². The Morgan fingerprint density at radius 3 is 2.40 bits per heavy atom. The van der Waals surface area contributed by atoms with Crippen molar-refractivity contribution in [2.45, 2.75) is 19.4 Å². The monoisotopic (exact) mass is 236 g/mol. The molecule has 0 rings (SSSR count). The molecule has 7 heteroatoms. The Labute approximate surface area is 92.0 Å². The first-order chi connectivity index (χ1) is 6.97. The molecule has 0 bridgehead atoms. The molecule has 0 aliphatic heterocycles. The van der Waals surface area contributed by atoms with E-state index in [0.29, 0.717) is 0 Å². The number of urea groups is 1. The molecule has 0 heterocycles. The van der Waals surface area contributed by atoms with E-state index in [1.807, 2.05) is 0 Å². The number of carbonyl (C=O) groups is 3. The first-order valence-electron chi connectivity index (χ1n) is 4.30. The lowest BCUT2D eigenvalue weighted by Gasteiger charge is -2.13. The normalized spacial score (nSPS) is 11.6. The maximum Gasteiger partial charge on any atom is 0.326 e. The summed E-state index contributed by atoms with van der Waals surface area (Å²) < 4.78 is 0. The summed E-state index contributed by atoms with van der Waals surface area (Å²) in [6, 6.07) is -1.85. The number of ketones is 1. The second kappa shape index (κ2) is 7.05. The van der Waals surface area contributed by atoms with Crippen LogP contribution in [0.3, 0.4) is 0 Å². The average molecular weight is 237 g/mol. The van der Waals surface area contributed by atoms with E-state index in [2.05, 4.69) is 10.6 Å². The zero-order valence-electron chi connectivity index (χ0n) is 8.25. The van der Waals surface area contributed by atoms with Gasteiger partial charge in [0, 0.05) is 18.8 Å². The Bertz CT molecular complexity index is 257. The number of amides is 2. The maximum absolute atomic E-state index is 11.0. The van der Waals surface area contributed by atoms with Gasteiger partial charge in [0.2, 0.25) is 0 Å². The van der Waals surface area contributed by atoms with Crippen LogP contribution in [0, 0.1) is 0 Å². The zero-order valence-corrected chi connectivity index (χ0v) is 9.00. The van der Waals surface area contributed by atoms with Crippen LogP contribution < -0.4 is 10.6 Å². The number of carboxylic acids is 1. The topological polar surface area (TPSA) is 95.5 Å². The summed E-state index contributed by atoms with van der Waals surface area (Å²) in [6.07, 6.45) is -0.233. The van der Waals surface area contributed by atoms with Gasteiger partial charge in [-0.05, 0) is 6.92 Å². The van der Waals surface area contributed by atoms with Gasteiger partial charge in [-0.2, -0.15) is 0 Å². The van der Waals surface area contributed by atoms with E-state index in [1.165, 1.54) is 6.92 Å². The zero-order chi connectivity index (χ0) is 11.8. The molecular formula is C8H13ClN2O4. The third-order valence-electron chi connectivity index (χ3n) is 1.48. The van der Waals surface area contributed by atoms with E-state index in [-0.39, 0.29) is 24.6 Å². The minimum absolute atomic E-state index is 0.233. The molecule has 0 saturated carbocycles. The lowest BCUT2D eigenvalue weighted by Crippen LogP contribution is -2.47. The van der Waals surface area contributed by atoms with Crippen molar-refractivity contribution in [3.8, 4) is 0 Å². The van der Waals surface area contributed by atoms with Crippen LogP contribution in [0.1, 0.15) is 13.3 Å². The highest BCUT2D eigenvalue weighted by Gasteiger charge is 2.21. The number of aliphatic carboxylic acids is 1. The molecule has 15 heavy (non-hydrogen) atoms. The molecule has 0 aromatic heterocycles. The molecule has 0 spiro atoms. The van der Waals surface area contributed by atoms with Crippen molar-refractivity contribution in [2.75, 3.05) is 12.4 Å². The van der Waals surface area contributed by atoms with Crippen LogP contribution in [-0.2, 0) is 9.59 Å². The summed E-state index contributed by atoms with van der Waals surface area (Å²) in [7, 11) is 0. The fourth-order valence-corrected chi connectivity index (χ4v) is 0.952. The van der Waals surface area contributed by atoms with Gasteiger partial charge in [0.1, 0.15) is 11.8 Å². The Morgan fingerprint density at radius 1 is 1.40 bits per heavy atom. The number of hydrogen-bond acceptors (Lipinski definition) is 3. The van der Waals surface area contributed by atoms with Crippen molar-refractivity contribution in [3.05, 3.63) is 0 Å². The number of carboxylic acid groups (broad SMARTS) is 1. The molecule has 86 valence electrons. The fraction of sp³-hybridized carbons (Fsp3) is 0.625. The van der Waals surface area contributed by atoms with Crippen molar-refractivity contribution in [3.63, 3.8) is 0 Å². The van der Waals surface area contributed by atoms with Crippen molar-refractivity contribution in [1.29, 1.82) is 0 Å². The van der Waals surface area contributed by atoms with E-state index in [4.69, 9.17) is 16.7 Å². The van der Waals surface area contributed by atoms with Crippen LogP contribution in [0.15, 0.2) is 0 Å². The van der Waals surface area contributed by atoms with Gasteiger partial charge < -0.3 is 15.7 Å². The predicted octanol–water partition coefficient (Wildman–Crippen LogP) is -0.0433. The van der Waals surface area contributed by atoms with Crippen LogP contribution in [0.2, 0.25) is 0 Å². The Kier molecular flexibility index (Phi) is 6.44. The minimum Gasteiger partial charge on any atom is -0.480 e. The molecule has 1 unspecified atom stereocenters. The number of rotatable bonds is 6. The molecule has 6 nitrogen and oxygen atoms in total. The molecule has 0 aliphatic carbocycles. The number of alkyl halides is 1. The third-order valence-corrected chi connectivity index (χ3v) is 1.66. The molecule has 0 saturated heterocycles. The standard InChI is InChI=1S/C8H13ClN2O4/c1-5(12)4-6(7(13)14)11-8(15)10-3-2-9/h6H,2-4H2,1H3,(H,13,14)(H2,10,11,15). The largest absolute Gasteiger partial charge is 0.480 e. The van der Waals surface area contributed by atoms with Crippen molar-refractivity contribution < 1.29 is 19.5 Å². The molecule has 0 fully saturated rings. The Morgan fingerprint density at radius 2 is 2.00 bits per heavy atom. The predicted molar refractivity (Wildman–Crippen MR) is 54.0 cm³/mol.